The molecule has 0 spiro atoms. The molecule has 10 heteroatoms. The van der Waals surface area contributed by atoms with Crippen LogP contribution in [0.2, 0.25) is 0 Å². The Morgan fingerprint density at radius 1 is 1.00 bits per heavy atom. The lowest BCUT2D eigenvalue weighted by Gasteiger charge is -2.27. The number of benzene rings is 1. The molecule has 0 aliphatic carbocycles. The molecule has 2 N–H and O–H groups in total. The number of hydrogen-bond donors (Lipinski definition) is 1. The molecule has 1 aromatic rings. The summed E-state index contributed by atoms with van der Waals surface area (Å²) in [5.74, 6) is -14.4. The van der Waals surface area contributed by atoms with Crippen molar-refractivity contribution in [2.24, 2.45) is 10.7 Å². The summed E-state index contributed by atoms with van der Waals surface area (Å²) in [7, 11) is 0. The lowest BCUT2D eigenvalue weighted by Crippen LogP contribution is -2.58. The second kappa shape index (κ2) is 6.15. The van der Waals surface area contributed by atoms with E-state index in [0.717, 1.165) is 6.08 Å². The van der Waals surface area contributed by atoms with E-state index in [9.17, 15) is 30.7 Å². The molecule has 0 fully saturated rings. The van der Waals surface area contributed by atoms with Gasteiger partial charge in [0.05, 0.1) is 0 Å². The van der Waals surface area contributed by atoms with Crippen molar-refractivity contribution in [1.82, 2.24) is 0 Å². The fourth-order valence-electron chi connectivity index (χ4n) is 1.24. The second-order valence-electron chi connectivity index (χ2n) is 4.02. The van der Waals surface area contributed by atoms with Gasteiger partial charge >= 0.3 is 18.0 Å². The van der Waals surface area contributed by atoms with Gasteiger partial charge in [-0.15, -0.1) is 0 Å². The van der Waals surface area contributed by atoms with Crippen LogP contribution in [0.5, 0.6) is 0 Å². The summed E-state index contributed by atoms with van der Waals surface area (Å²) < 4.78 is 87.8. The third kappa shape index (κ3) is 3.70. The van der Waals surface area contributed by atoms with Crippen LogP contribution in [-0.4, -0.2) is 23.9 Å². The van der Waals surface area contributed by atoms with Crippen LogP contribution < -0.4 is 5.73 Å². The van der Waals surface area contributed by atoms with Crippen LogP contribution in [0.1, 0.15) is 5.56 Å². The molecule has 0 aliphatic rings. The SMILES string of the molecule is N/C(=N/C(Cl)=C\c1ccccc1)C(F)(F)C(F)(F)C(F)(F)F. The zero-order valence-electron chi connectivity index (χ0n) is 10.5. The Morgan fingerprint density at radius 2 is 1.50 bits per heavy atom. The number of rotatable bonds is 4. The molecule has 1 aromatic carbocycles. The first kappa shape index (κ1) is 18.3. The van der Waals surface area contributed by atoms with Crippen molar-refractivity contribution in [3.05, 3.63) is 41.1 Å². The Bertz CT molecular complexity index is 579. The average Bonchev–Trinajstić information content (AvgIpc) is 2.37. The fraction of sp³-hybridized carbons (Fsp3) is 0.250. The summed E-state index contributed by atoms with van der Waals surface area (Å²) in [5.41, 5.74) is 4.94. The molecule has 2 nitrogen and oxygen atoms in total. The quantitative estimate of drug-likeness (QED) is 0.372. The molecule has 0 saturated carbocycles. The van der Waals surface area contributed by atoms with Gasteiger partial charge in [-0.25, -0.2) is 4.99 Å². The minimum atomic E-state index is -6.49. The Morgan fingerprint density at radius 3 is 1.95 bits per heavy atom. The first-order valence-electron chi connectivity index (χ1n) is 5.49. The predicted octanol–water partition coefficient (Wildman–Crippen LogP) is 4.41. The van der Waals surface area contributed by atoms with Crippen molar-refractivity contribution in [1.29, 1.82) is 0 Å². The number of amidine groups is 1. The summed E-state index contributed by atoms with van der Waals surface area (Å²) >= 11 is 5.41. The van der Waals surface area contributed by atoms with E-state index in [4.69, 9.17) is 11.6 Å². The third-order valence-corrected chi connectivity index (χ3v) is 2.58. The van der Waals surface area contributed by atoms with Gasteiger partial charge in [0, 0.05) is 0 Å². The first-order valence-corrected chi connectivity index (χ1v) is 5.86. The number of nitrogens with zero attached hydrogens (tertiary/aromatic N) is 1. The Hall–Kier alpha value is -1.77. The number of aliphatic imine (C=N–C) groups is 1. The lowest BCUT2D eigenvalue weighted by atomic mass is 10.1. The Balaban J connectivity index is 3.13. The zero-order chi connectivity index (χ0) is 17.2. The summed E-state index contributed by atoms with van der Waals surface area (Å²) in [4.78, 5) is 2.71. The molecule has 0 radical (unpaired) electrons. The van der Waals surface area contributed by atoms with E-state index >= 15 is 0 Å². The normalized spacial score (nSPS) is 15.1. The van der Waals surface area contributed by atoms with Gasteiger partial charge in [-0.2, -0.15) is 30.7 Å². The van der Waals surface area contributed by atoms with Crippen molar-refractivity contribution < 1.29 is 30.7 Å². The highest BCUT2D eigenvalue weighted by Gasteiger charge is 2.74. The largest absolute Gasteiger partial charge is 0.460 e. The van der Waals surface area contributed by atoms with Gasteiger partial charge in [0.25, 0.3) is 0 Å². The monoisotopic (exact) mass is 348 g/mol. The third-order valence-electron chi connectivity index (χ3n) is 2.38. The Kier molecular flexibility index (Phi) is 5.11. The molecule has 1 rings (SSSR count). The van der Waals surface area contributed by atoms with Gasteiger partial charge in [-0.1, -0.05) is 41.9 Å². The zero-order valence-corrected chi connectivity index (χ0v) is 11.3. The molecular formula is C12H8ClF7N2. The summed E-state index contributed by atoms with van der Waals surface area (Å²) in [6.07, 6.45) is -5.53. The summed E-state index contributed by atoms with van der Waals surface area (Å²) in [6, 6.07) is 7.67. The highest BCUT2D eigenvalue weighted by atomic mass is 35.5. The van der Waals surface area contributed by atoms with Crippen molar-refractivity contribution in [2.45, 2.75) is 18.0 Å². The van der Waals surface area contributed by atoms with Crippen LogP contribution in [0, 0.1) is 0 Å². The maximum Gasteiger partial charge on any atom is 0.460 e. The van der Waals surface area contributed by atoms with Crippen LogP contribution in [0.25, 0.3) is 6.08 Å². The molecular weight excluding hydrogens is 341 g/mol. The van der Waals surface area contributed by atoms with E-state index in [-0.39, 0.29) is 0 Å². The molecule has 0 saturated heterocycles. The molecule has 0 atom stereocenters. The van der Waals surface area contributed by atoms with E-state index in [0.29, 0.717) is 5.56 Å². The molecule has 0 bridgehead atoms. The molecule has 0 aliphatic heterocycles. The molecule has 22 heavy (non-hydrogen) atoms. The van der Waals surface area contributed by atoms with Crippen LogP contribution in [0.4, 0.5) is 30.7 Å². The molecule has 0 amide bonds. The van der Waals surface area contributed by atoms with E-state index in [1.165, 1.54) is 12.1 Å². The molecule has 0 unspecified atom stereocenters. The minimum absolute atomic E-state index is 0.356. The van der Waals surface area contributed by atoms with Crippen molar-refractivity contribution in [3.63, 3.8) is 0 Å². The minimum Gasteiger partial charge on any atom is -0.382 e. The van der Waals surface area contributed by atoms with Crippen LogP contribution in [-0.2, 0) is 0 Å². The smallest absolute Gasteiger partial charge is 0.382 e. The van der Waals surface area contributed by atoms with Gasteiger partial charge < -0.3 is 5.73 Å². The van der Waals surface area contributed by atoms with Crippen molar-refractivity contribution >= 4 is 23.5 Å². The van der Waals surface area contributed by atoms with Gasteiger partial charge in [0.1, 0.15) is 5.16 Å². The van der Waals surface area contributed by atoms with Crippen LogP contribution in [0.15, 0.2) is 40.5 Å². The molecule has 0 aromatic heterocycles. The lowest BCUT2D eigenvalue weighted by molar-refractivity contribution is -0.336. The van der Waals surface area contributed by atoms with E-state index in [2.05, 4.69) is 10.7 Å². The van der Waals surface area contributed by atoms with Crippen LogP contribution in [0.3, 0.4) is 0 Å². The van der Waals surface area contributed by atoms with Crippen molar-refractivity contribution in [3.8, 4) is 0 Å². The molecule has 122 valence electrons. The van der Waals surface area contributed by atoms with Gasteiger partial charge in [-0.3, -0.25) is 0 Å². The maximum atomic E-state index is 13.2. The second-order valence-corrected chi connectivity index (χ2v) is 4.41. The number of nitrogens with two attached hydrogens (primary N) is 1. The van der Waals surface area contributed by atoms with Gasteiger partial charge in [-0.05, 0) is 11.6 Å². The van der Waals surface area contributed by atoms with Crippen LogP contribution >= 0.6 is 11.6 Å². The van der Waals surface area contributed by atoms with E-state index in [1.807, 2.05) is 0 Å². The maximum absolute atomic E-state index is 13.2. The number of alkyl halides is 7. The summed E-state index contributed by atoms with van der Waals surface area (Å²) in [6.45, 7) is 0. The average molecular weight is 349 g/mol. The van der Waals surface area contributed by atoms with Crippen molar-refractivity contribution in [2.75, 3.05) is 0 Å². The topological polar surface area (TPSA) is 38.4 Å². The number of halogens is 8. The molecule has 0 heterocycles. The Labute approximate surface area is 125 Å². The van der Waals surface area contributed by atoms with Gasteiger partial charge in [0.15, 0.2) is 5.84 Å². The number of hydrogen-bond acceptors (Lipinski definition) is 1. The standard InChI is InChI=1S/C12H8ClF7N2/c13-8(6-7-4-2-1-3-5-7)22-9(21)10(14,15)11(16,17)12(18,19)20/h1-6H,(H2,21,22)/b8-6-. The highest BCUT2D eigenvalue weighted by molar-refractivity contribution is 6.32. The first-order chi connectivity index (χ1) is 9.89. The van der Waals surface area contributed by atoms with E-state index < -0.39 is 29.0 Å². The fourth-order valence-corrected chi connectivity index (χ4v) is 1.46. The summed E-state index contributed by atoms with van der Waals surface area (Å²) in [5, 5.41) is -0.777. The predicted molar refractivity (Wildman–Crippen MR) is 67.8 cm³/mol. The van der Waals surface area contributed by atoms with E-state index in [1.54, 1.807) is 18.2 Å². The highest BCUT2D eigenvalue weighted by Crippen LogP contribution is 2.46. The van der Waals surface area contributed by atoms with Gasteiger partial charge in [0.2, 0.25) is 0 Å².